The predicted octanol–water partition coefficient (Wildman–Crippen LogP) is 7.09. The first-order valence-corrected chi connectivity index (χ1v) is 18.2. The Morgan fingerprint density at radius 2 is 1.69 bits per heavy atom. The van der Waals surface area contributed by atoms with E-state index in [0.29, 0.717) is 37.5 Å². The van der Waals surface area contributed by atoms with Crippen molar-refractivity contribution in [3.8, 4) is 16.9 Å². The fraction of sp³-hybridized carbons (Fsp3) is 0.590. The second-order valence-corrected chi connectivity index (χ2v) is 14.9. The maximum absolute atomic E-state index is 14.5. The van der Waals surface area contributed by atoms with E-state index >= 15 is 0 Å². The van der Waals surface area contributed by atoms with Crippen molar-refractivity contribution in [1.29, 1.82) is 0 Å². The van der Waals surface area contributed by atoms with Gasteiger partial charge in [0.2, 0.25) is 5.91 Å². The van der Waals surface area contributed by atoms with E-state index in [4.69, 9.17) is 14.5 Å². The zero-order valence-corrected chi connectivity index (χ0v) is 30.2. The molecule has 264 valence electrons. The second-order valence-electron chi connectivity index (χ2n) is 14.9. The molecule has 3 aromatic rings. The topological polar surface area (TPSA) is 93.0 Å². The SMILES string of the molecule is COc1ccc(C2CCC(CN(C(=O)C3CCC(OC(=O)N4CC(N(C)C)C4)CC3)c3cccc(-c4cnn(C(C)C)c4)c3)CC2)nc1C. The number of rotatable bonds is 10. The van der Waals surface area contributed by atoms with Gasteiger partial charge in [0.05, 0.1) is 19.0 Å². The first-order chi connectivity index (χ1) is 23.6. The molecule has 49 heavy (non-hydrogen) atoms. The maximum atomic E-state index is 14.5. The standard InChI is InChI=1S/C39H54N6O4/c1-26(2)45-23-32(21-40-45)31-8-7-9-33(20-31)44(22-28-10-12-29(13-11-28)36-18-19-37(48-6)27(3)41-36)38(46)30-14-16-35(17-15-30)49-39(47)43-24-34(25-43)42(4)5/h7-9,18-21,23,26,28-30,34-35H,10-17,22,24-25H2,1-6H3. The van der Waals surface area contributed by atoms with Crippen LogP contribution in [0.4, 0.5) is 10.5 Å². The zero-order valence-electron chi connectivity index (χ0n) is 30.2. The average Bonchev–Trinajstić information content (AvgIpc) is 3.58. The summed E-state index contributed by atoms with van der Waals surface area (Å²) in [6, 6.07) is 13.2. The van der Waals surface area contributed by atoms with Crippen LogP contribution < -0.4 is 9.64 Å². The molecule has 6 rings (SSSR count). The van der Waals surface area contributed by atoms with Crippen LogP contribution in [-0.4, -0.2) is 89.5 Å². The van der Waals surface area contributed by atoms with Crippen LogP contribution in [0.15, 0.2) is 48.8 Å². The van der Waals surface area contributed by atoms with E-state index in [1.807, 2.05) is 38.0 Å². The van der Waals surface area contributed by atoms with E-state index in [1.54, 1.807) is 12.0 Å². The summed E-state index contributed by atoms with van der Waals surface area (Å²) in [5.74, 6) is 1.76. The van der Waals surface area contributed by atoms with Crippen molar-refractivity contribution in [2.24, 2.45) is 11.8 Å². The number of carbonyl (C=O) groups is 2. The molecular formula is C39H54N6O4. The summed E-state index contributed by atoms with van der Waals surface area (Å²) >= 11 is 0. The van der Waals surface area contributed by atoms with Gasteiger partial charge in [0.1, 0.15) is 11.9 Å². The predicted molar refractivity (Wildman–Crippen MR) is 192 cm³/mol. The zero-order chi connectivity index (χ0) is 34.7. The Bertz CT molecular complexity index is 1580. The molecular weight excluding hydrogens is 616 g/mol. The highest BCUT2D eigenvalue weighted by atomic mass is 16.6. The van der Waals surface area contributed by atoms with Gasteiger partial charge in [-0.25, -0.2) is 4.79 Å². The summed E-state index contributed by atoms with van der Waals surface area (Å²) in [7, 11) is 5.76. The maximum Gasteiger partial charge on any atom is 0.410 e. The molecule has 0 spiro atoms. The third-order valence-corrected chi connectivity index (χ3v) is 11.0. The summed E-state index contributed by atoms with van der Waals surface area (Å²) in [5.41, 5.74) is 5.12. The molecule has 2 saturated carbocycles. The van der Waals surface area contributed by atoms with Crippen LogP contribution in [0.3, 0.4) is 0 Å². The van der Waals surface area contributed by atoms with Gasteiger partial charge < -0.3 is 24.2 Å². The molecule has 10 nitrogen and oxygen atoms in total. The highest BCUT2D eigenvalue weighted by molar-refractivity contribution is 5.95. The molecule has 0 bridgehead atoms. The van der Waals surface area contributed by atoms with E-state index in [1.165, 1.54) is 0 Å². The van der Waals surface area contributed by atoms with Crippen molar-refractivity contribution in [2.75, 3.05) is 45.7 Å². The van der Waals surface area contributed by atoms with E-state index in [0.717, 1.165) is 85.3 Å². The summed E-state index contributed by atoms with van der Waals surface area (Å²) < 4.78 is 13.3. The highest BCUT2D eigenvalue weighted by Crippen LogP contribution is 2.38. The van der Waals surface area contributed by atoms with Gasteiger partial charge in [0.15, 0.2) is 0 Å². The van der Waals surface area contributed by atoms with Crippen LogP contribution in [0.1, 0.15) is 88.6 Å². The van der Waals surface area contributed by atoms with Crippen LogP contribution in [-0.2, 0) is 9.53 Å². The van der Waals surface area contributed by atoms with Crippen LogP contribution >= 0.6 is 0 Å². The number of hydrogen-bond acceptors (Lipinski definition) is 7. The number of benzene rings is 1. The van der Waals surface area contributed by atoms with Gasteiger partial charge in [-0.05, 0) is 122 Å². The monoisotopic (exact) mass is 670 g/mol. The Labute approximate surface area is 291 Å². The van der Waals surface area contributed by atoms with E-state index in [-0.39, 0.29) is 30.1 Å². The minimum Gasteiger partial charge on any atom is -0.495 e. The van der Waals surface area contributed by atoms with Crippen molar-refractivity contribution in [3.63, 3.8) is 0 Å². The van der Waals surface area contributed by atoms with Crippen LogP contribution in [0, 0.1) is 18.8 Å². The minimum absolute atomic E-state index is 0.0905. The molecule has 3 heterocycles. The average molecular weight is 671 g/mol. The quantitative estimate of drug-likeness (QED) is 0.227. The van der Waals surface area contributed by atoms with Gasteiger partial charge in [-0.1, -0.05) is 12.1 Å². The van der Waals surface area contributed by atoms with Gasteiger partial charge in [0.25, 0.3) is 0 Å². The number of likely N-dealkylation sites (N-methyl/N-ethyl adjacent to an activating group) is 1. The Morgan fingerprint density at radius 1 is 0.959 bits per heavy atom. The number of likely N-dealkylation sites (tertiary alicyclic amines) is 1. The van der Waals surface area contributed by atoms with Crippen molar-refractivity contribution in [3.05, 3.63) is 60.2 Å². The number of pyridine rings is 1. The second kappa shape index (κ2) is 15.3. The number of anilines is 1. The highest BCUT2D eigenvalue weighted by Gasteiger charge is 2.37. The smallest absolute Gasteiger partial charge is 0.410 e. The number of carbonyl (C=O) groups excluding carboxylic acids is 2. The Morgan fingerprint density at radius 3 is 2.33 bits per heavy atom. The molecule has 0 radical (unpaired) electrons. The molecule has 0 unspecified atom stereocenters. The summed E-state index contributed by atoms with van der Waals surface area (Å²) in [6.07, 6.45) is 10.7. The van der Waals surface area contributed by atoms with Gasteiger partial charge in [-0.2, -0.15) is 5.10 Å². The first-order valence-electron chi connectivity index (χ1n) is 18.2. The van der Waals surface area contributed by atoms with Crippen molar-refractivity contribution in [2.45, 2.75) is 96.2 Å². The number of aryl methyl sites for hydroxylation is 1. The fourth-order valence-electron chi connectivity index (χ4n) is 7.65. The summed E-state index contributed by atoms with van der Waals surface area (Å²) in [6.45, 7) is 8.37. The normalized spacial score (nSPS) is 23.0. The lowest BCUT2D eigenvalue weighted by Gasteiger charge is -2.42. The molecule has 2 amide bonds. The third-order valence-electron chi connectivity index (χ3n) is 11.0. The molecule has 0 atom stereocenters. The molecule has 1 aliphatic heterocycles. The fourth-order valence-corrected chi connectivity index (χ4v) is 7.65. The molecule has 2 aliphatic carbocycles. The number of amides is 2. The van der Waals surface area contributed by atoms with Crippen molar-refractivity contribution >= 4 is 17.7 Å². The minimum atomic E-state index is -0.220. The Balaban J connectivity index is 1.13. The van der Waals surface area contributed by atoms with Crippen LogP contribution in [0.2, 0.25) is 0 Å². The van der Waals surface area contributed by atoms with E-state index in [9.17, 15) is 9.59 Å². The molecule has 10 heteroatoms. The van der Waals surface area contributed by atoms with Crippen LogP contribution in [0.25, 0.3) is 11.1 Å². The number of hydrogen-bond donors (Lipinski definition) is 0. The molecule has 1 saturated heterocycles. The van der Waals surface area contributed by atoms with Crippen molar-refractivity contribution < 1.29 is 19.1 Å². The van der Waals surface area contributed by atoms with E-state index in [2.05, 4.69) is 65.3 Å². The van der Waals surface area contributed by atoms with Gasteiger partial charge >= 0.3 is 6.09 Å². The Kier molecular flexibility index (Phi) is 10.9. The van der Waals surface area contributed by atoms with Gasteiger partial charge in [0, 0.05) is 66.7 Å². The molecule has 3 fully saturated rings. The number of methoxy groups -OCH3 is 1. The number of ether oxygens (including phenoxy) is 2. The molecule has 2 aromatic heterocycles. The summed E-state index contributed by atoms with van der Waals surface area (Å²) in [5, 5.41) is 4.56. The Hall–Kier alpha value is -3.92. The number of aromatic nitrogens is 3. The molecule has 0 N–H and O–H groups in total. The summed E-state index contributed by atoms with van der Waals surface area (Å²) in [4.78, 5) is 38.0. The molecule has 1 aromatic carbocycles. The van der Waals surface area contributed by atoms with Gasteiger partial charge in [-0.15, -0.1) is 0 Å². The first kappa shape index (κ1) is 34.9. The van der Waals surface area contributed by atoms with Gasteiger partial charge in [-0.3, -0.25) is 14.5 Å². The largest absolute Gasteiger partial charge is 0.495 e. The lowest BCUT2D eigenvalue weighted by Crippen LogP contribution is -2.59. The van der Waals surface area contributed by atoms with Crippen LogP contribution in [0.5, 0.6) is 5.75 Å². The van der Waals surface area contributed by atoms with E-state index < -0.39 is 0 Å². The lowest BCUT2D eigenvalue weighted by molar-refractivity contribution is -0.124. The van der Waals surface area contributed by atoms with Crippen molar-refractivity contribution in [1.82, 2.24) is 24.6 Å². The number of nitrogens with zero attached hydrogens (tertiary/aromatic N) is 6. The third kappa shape index (κ3) is 8.11. The molecule has 3 aliphatic rings. The lowest BCUT2D eigenvalue weighted by atomic mass is 9.79.